The maximum Gasteiger partial charge on any atom is 0.257 e. The lowest BCUT2D eigenvalue weighted by molar-refractivity contribution is 0.0947. The average Bonchev–Trinajstić information content (AvgIpc) is 3.16. The Bertz CT molecular complexity index is 1270. The molecule has 3 N–H and O–H groups in total. The van der Waals surface area contributed by atoms with Crippen LogP contribution in [0.25, 0.3) is 16.8 Å². The topological polar surface area (TPSA) is 117 Å². The molecule has 4 aromatic rings. The number of carbonyl (C=O) groups excluding carboxylic acids is 1. The minimum absolute atomic E-state index is 0.0753. The zero-order chi connectivity index (χ0) is 22.7. The minimum Gasteiger partial charge on any atom is -0.491 e. The summed E-state index contributed by atoms with van der Waals surface area (Å²) in [6.45, 7) is 4.28. The molecule has 3 heterocycles. The number of fused-ring (bicyclic) bond motifs is 1. The van der Waals surface area contributed by atoms with E-state index in [-0.39, 0.29) is 23.8 Å². The van der Waals surface area contributed by atoms with Crippen molar-refractivity contribution < 1.29 is 14.3 Å². The molecule has 3 aromatic heterocycles. The molecule has 0 aliphatic heterocycles. The van der Waals surface area contributed by atoms with Crippen LogP contribution in [0.3, 0.4) is 0 Å². The van der Waals surface area contributed by atoms with E-state index in [0.29, 0.717) is 17.8 Å². The second-order valence-electron chi connectivity index (χ2n) is 7.47. The lowest BCUT2D eigenvalue weighted by Crippen LogP contribution is -2.23. The van der Waals surface area contributed by atoms with Gasteiger partial charge in [-0.2, -0.15) is 4.98 Å². The third-order valence-electron chi connectivity index (χ3n) is 4.70. The summed E-state index contributed by atoms with van der Waals surface area (Å²) in [5.41, 5.74) is 9.09. The van der Waals surface area contributed by atoms with Gasteiger partial charge < -0.3 is 20.5 Å². The first kappa shape index (κ1) is 21.1. The predicted molar refractivity (Wildman–Crippen MR) is 121 cm³/mol. The number of benzene rings is 1. The molecule has 9 nitrogen and oxygen atoms in total. The van der Waals surface area contributed by atoms with Crippen molar-refractivity contribution in [1.29, 1.82) is 0 Å². The van der Waals surface area contributed by atoms with Crippen LogP contribution in [0.15, 0.2) is 54.9 Å². The highest BCUT2D eigenvalue weighted by molar-refractivity contribution is 5.97. The number of anilines is 1. The maximum atomic E-state index is 13.0. The van der Waals surface area contributed by atoms with E-state index in [2.05, 4.69) is 20.4 Å². The normalized spacial score (nSPS) is 11.0. The number of nitrogens with zero attached hydrogens (tertiary/aromatic N) is 4. The van der Waals surface area contributed by atoms with Gasteiger partial charge in [-0.1, -0.05) is 12.1 Å². The smallest absolute Gasteiger partial charge is 0.257 e. The van der Waals surface area contributed by atoms with Crippen molar-refractivity contribution in [3.8, 4) is 22.8 Å². The van der Waals surface area contributed by atoms with Crippen molar-refractivity contribution in [2.24, 2.45) is 0 Å². The van der Waals surface area contributed by atoms with Crippen LogP contribution >= 0.6 is 0 Å². The quantitative estimate of drug-likeness (QED) is 0.461. The molecular weight excluding hydrogens is 408 g/mol. The summed E-state index contributed by atoms with van der Waals surface area (Å²) >= 11 is 0. The van der Waals surface area contributed by atoms with Gasteiger partial charge in [0.05, 0.1) is 13.2 Å². The molecule has 0 bridgehead atoms. The molecule has 32 heavy (non-hydrogen) atoms. The number of methoxy groups -OCH3 is 1. The van der Waals surface area contributed by atoms with Gasteiger partial charge >= 0.3 is 0 Å². The monoisotopic (exact) mass is 432 g/mol. The summed E-state index contributed by atoms with van der Waals surface area (Å²) in [6.07, 6.45) is 3.48. The molecule has 0 saturated heterocycles. The number of rotatable bonds is 7. The Morgan fingerprint density at radius 2 is 2.03 bits per heavy atom. The Balaban J connectivity index is 1.56. The van der Waals surface area contributed by atoms with Crippen molar-refractivity contribution >= 4 is 17.5 Å². The molecule has 9 heteroatoms. The van der Waals surface area contributed by atoms with Crippen LogP contribution < -0.4 is 20.5 Å². The predicted octanol–water partition coefficient (Wildman–Crippen LogP) is 3.10. The van der Waals surface area contributed by atoms with Crippen LogP contribution in [-0.4, -0.2) is 38.7 Å². The molecule has 1 aromatic carbocycles. The van der Waals surface area contributed by atoms with Gasteiger partial charge in [0.2, 0.25) is 11.8 Å². The molecule has 0 radical (unpaired) electrons. The maximum absolute atomic E-state index is 13.0. The van der Waals surface area contributed by atoms with Crippen molar-refractivity contribution in [1.82, 2.24) is 24.9 Å². The van der Waals surface area contributed by atoms with E-state index >= 15 is 0 Å². The number of hydrogen-bond acceptors (Lipinski definition) is 7. The molecule has 0 aliphatic rings. The van der Waals surface area contributed by atoms with Crippen molar-refractivity contribution in [2.75, 3.05) is 12.8 Å². The van der Waals surface area contributed by atoms with Crippen molar-refractivity contribution in [2.45, 2.75) is 26.5 Å². The summed E-state index contributed by atoms with van der Waals surface area (Å²) < 4.78 is 12.6. The lowest BCUT2D eigenvalue weighted by Gasteiger charge is -2.12. The molecule has 4 rings (SSSR count). The number of nitrogen functional groups attached to an aromatic ring is 1. The number of pyridine rings is 2. The lowest BCUT2D eigenvalue weighted by atomic mass is 10.1. The molecular formula is C23H24N6O3. The molecule has 0 aliphatic carbocycles. The summed E-state index contributed by atoms with van der Waals surface area (Å²) in [4.78, 5) is 21.4. The van der Waals surface area contributed by atoms with Crippen LogP contribution in [0.5, 0.6) is 11.6 Å². The number of amides is 1. The standard InChI is InChI=1S/C23H24N6O3/c1-14(2)32-18-6-4-5-15(9-18)12-25-21(30)19-10-17(13-26-22(19)31-3)16-7-8-29-20(11-16)27-23(24)28-29/h4-11,13-14H,12H2,1-3H3,(H2,24,28)(H,25,30). The summed E-state index contributed by atoms with van der Waals surface area (Å²) in [5, 5.41) is 7.00. The van der Waals surface area contributed by atoms with Crippen molar-refractivity contribution in [3.63, 3.8) is 0 Å². The van der Waals surface area contributed by atoms with Gasteiger partial charge in [0, 0.05) is 24.5 Å². The highest BCUT2D eigenvalue weighted by atomic mass is 16.5. The van der Waals surface area contributed by atoms with Gasteiger partial charge in [-0.3, -0.25) is 4.79 Å². The fraction of sp³-hybridized carbons (Fsp3) is 0.217. The van der Waals surface area contributed by atoms with E-state index in [9.17, 15) is 4.79 Å². The summed E-state index contributed by atoms with van der Waals surface area (Å²) in [6, 6.07) is 13.0. The second-order valence-corrected chi connectivity index (χ2v) is 7.47. The fourth-order valence-corrected chi connectivity index (χ4v) is 3.29. The van der Waals surface area contributed by atoms with E-state index in [1.807, 2.05) is 50.2 Å². The zero-order valence-electron chi connectivity index (χ0n) is 18.1. The molecule has 0 saturated carbocycles. The van der Waals surface area contributed by atoms with Crippen molar-refractivity contribution in [3.05, 3.63) is 66.0 Å². The van der Waals surface area contributed by atoms with E-state index in [4.69, 9.17) is 15.2 Å². The first-order valence-electron chi connectivity index (χ1n) is 10.1. The first-order valence-corrected chi connectivity index (χ1v) is 10.1. The number of hydrogen-bond donors (Lipinski definition) is 2. The van der Waals surface area contributed by atoms with E-state index in [1.54, 1.807) is 23.0 Å². The van der Waals surface area contributed by atoms with Crippen LogP contribution in [0.1, 0.15) is 29.8 Å². The van der Waals surface area contributed by atoms with Gasteiger partial charge in [-0.25, -0.2) is 9.50 Å². The van der Waals surface area contributed by atoms with Gasteiger partial charge in [0.25, 0.3) is 5.91 Å². The van der Waals surface area contributed by atoms with Gasteiger partial charge in [-0.15, -0.1) is 5.10 Å². The van der Waals surface area contributed by atoms with E-state index < -0.39 is 0 Å². The van der Waals surface area contributed by atoms with Gasteiger partial charge in [-0.05, 0) is 55.3 Å². The molecule has 164 valence electrons. The Morgan fingerprint density at radius 1 is 1.19 bits per heavy atom. The number of ether oxygens (including phenoxy) is 2. The molecule has 1 amide bonds. The summed E-state index contributed by atoms with van der Waals surface area (Å²) in [5.74, 6) is 0.908. The van der Waals surface area contributed by atoms with E-state index in [0.717, 1.165) is 22.4 Å². The van der Waals surface area contributed by atoms with Crippen LogP contribution in [0.4, 0.5) is 5.95 Å². The number of nitrogens with one attached hydrogen (secondary N) is 1. The minimum atomic E-state index is -0.292. The highest BCUT2D eigenvalue weighted by Gasteiger charge is 2.16. The SMILES string of the molecule is COc1ncc(-c2ccn3nc(N)nc3c2)cc1C(=O)NCc1cccc(OC(C)C)c1. The third kappa shape index (κ3) is 4.61. The van der Waals surface area contributed by atoms with E-state index in [1.165, 1.54) is 7.11 Å². The van der Waals surface area contributed by atoms with Crippen LogP contribution in [0.2, 0.25) is 0 Å². The Labute approximate surface area is 185 Å². The summed E-state index contributed by atoms with van der Waals surface area (Å²) in [7, 11) is 1.48. The van der Waals surface area contributed by atoms with Crippen LogP contribution in [-0.2, 0) is 6.54 Å². The number of aromatic nitrogens is 4. The van der Waals surface area contributed by atoms with Crippen LogP contribution in [0, 0.1) is 0 Å². The molecule has 0 fully saturated rings. The number of nitrogens with two attached hydrogens (primary N) is 1. The Hall–Kier alpha value is -4.14. The molecule has 0 unspecified atom stereocenters. The fourth-order valence-electron chi connectivity index (χ4n) is 3.29. The molecule has 0 spiro atoms. The second kappa shape index (κ2) is 8.93. The Morgan fingerprint density at radius 3 is 2.81 bits per heavy atom. The zero-order valence-corrected chi connectivity index (χ0v) is 18.1. The largest absolute Gasteiger partial charge is 0.491 e. The molecule has 0 atom stereocenters. The Kier molecular flexibility index (Phi) is 5.89. The highest BCUT2D eigenvalue weighted by Crippen LogP contribution is 2.25. The van der Waals surface area contributed by atoms with Gasteiger partial charge in [0.1, 0.15) is 11.3 Å². The van der Waals surface area contributed by atoms with Gasteiger partial charge in [0.15, 0.2) is 5.65 Å². The average molecular weight is 432 g/mol. The number of carbonyl (C=O) groups is 1. The third-order valence-corrected chi connectivity index (χ3v) is 4.70. The first-order chi connectivity index (χ1) is 15.4.